The number of hydrogen-bond acceptors (Lipinski definition) is 5. The van der Waals surface area contributed by atoms with Crippen molar-refractivity contribution < 1.29 is 9.13 Å². The Morgan fingerprint density at radius 3 is 2.73 bits per heavy atom. The molecule has 2 aliphatic rings. The van der Waals surface area contributed by atoms with Gasteiger partial charge in [0.25, 0.3) is 0 Å². The molecule has 0 spiro atoms. The van der Waals surface area contributed by atoms with Crippen LogP contribution in [0.2, 0.25) is 25.7 Å². The molecule has 2 saturated heterocycles. The summed E-state index contributed by atoms with van der Waals surface area (Å²) in [7, 11) is -1.13. The number of fused-ring (bicyclic) bond motifs is 1. The van der Waals surface area contributed by atoms with Gasteiger partial charge in [-0.1, -0.05) is 19.6 Å². The number of rotatable bonds is 8. The lowest BCUT2D eigenvalue weighted by Gasteiger charge is -2.45. The minimum absolute atomic E-state index is 0.325. The molecule has 0 atom stereocenters. The molecule has 5 rings (SSSR count). The standard InChI is InChI=1S/C24H34FN6OSi/c1-33(2,3)11-10-32-17-29-9-6-21-23(22(25)13-27-24(21)29)18-12-28-31(14-18)20-15-30(16-20)19-4-7-26-8-5-19/h6,9,12-14,19,26H,4-5,7-8,10-11,15-17H2,1-3H3. The lowest BCUT2D eigenvalue weighted by molar-refractivity contribution is 0.0899. The lowest BCUT2D eigenvalue weighted by Crippen LogP contribution is -2.55. The van der Waals surface area contributed by atoms with E-state index in [1.54, 1.807) is 6.20 Å². The number of piperidine rings is 1. The lowest BCUT2D eigenvalue weighted by atomic mass is 9.98. The fourth-order valence-electron chi connectivity index (χ4n) is 4.68. The fourth-order valence-corrected chi connectivity index (χ4v) is 5.43. The summed E-state index contributed by atoms with van der Waals surface area (Å²) in [5.74, 6) is -0.325. The molecule has 0 aliphatic carbocycles. The molecule has 3 aromatic heterocycles. The van der Waals surface area contributed by atoms with E-state index in [4.69, 9.17) is 4.74 Å². The number of halogens is 1. The van der Waals surface area contributed by atoms with Gasteiger partial charge in [0, 0.05) is 62.7 Å². The molecule has 5 heterocycles. The molecule has 2 fully saturated rings. The van der Waals surface area contributed by atoms with Crippen LogP contribution in [0.25, 0.3) is 22.2 Å². The van der Waals surface area contributed by atoms with Crippen molar-refractivity contribution in [2.24, 2.45) is 0 Å². The number of nitrogens with one attached hydrogen (secondary N) is 1. The van der Waals surface area contributed by atoms with E-state index in [0.29, 0.717) is 18.3 Å². The van der Waals surface area contributed by atoms with Crippen molar-refractivity contribution in [3.63, 3.8) is 0 Å². The van der Waals surface area contributed by atoms with Crippen molar-refractivity contribution in [2.45, 2.75) is 51.3 Å². The van der Waals surface area contributed by atoms with Gasteiger partial charge in [0.15, 0.2) is 0 Å². The molecular weight excluding hydrogens is 435 g/mol. The van der Waals surface area contributed by atoms with Crippen LogP contribution in [0, 0.1) is 11.9 Å². The van der Waals surface area contributed by atoms with Crippen molar-refractivity contribution >= 4 is 19.1 Å². The smallest absolute Gasteiger partial charge is 0.150 e. The molecule has 0 amide bonds. The second-order valence-corrected chi connectivity index (χ2v) is 16.1. The first-order chi connectivity index (χ1) is 15.9. The Hall–Kier alpha value is -2.07. The van der Waals surface area contributed by atoms with E-state index >= 15 is 0 Å². The van der Waals surface area contributed by atoms with Gasteiger partial charge in [0.2, 0.25) is 0 Å². The molecule has 2 aliphatic heterocycles. The zero-order valence-corrected chi connectivity index (χ0v) is 20.9. The Labute approximate surface area is 195 Å². The molecule has 1 radical (unpaired) electrons. The molecule has 7 nitrogen and oxygen atoms in total. The van der Waals surface area contributed by atoms with Gasteiger partial charge in [-0.25, -0.2) is 9.37 Å². The second-order valence-electron chi connectivity index (χ2n) is 10.5. The van der Waals surface area contributed by atoms with Crippen LogP contribution in [0.5, 0.6) is 0 Å². The van der Waals surface area contributed by atoms with Crippen LogP contribution in [0.15, 0.2) is 30.9 Å². The van der Waals surface area contributed by atoms with E-state index in [1.165, 1.54) is 25.1 Å². The largest absolute Gasteiger partial charge is 0.361 e. The number of aromatic nitrogens is 4. The van der Waals surface area contributed by atoms with Crippen LogP contribution >= 0.6 is 0 Å². The summed E-state index contributed by atoms with van der Waals surface area (Å²) in [6.07, 6.45) is 9.36. The van der Waals surface area contributed by atoms with Crippen molar-refractivity contribution in [1.82, 2.24) is 29.5 Å². The average molecular weight is 470 g/mol. The van der Waals surface area contributed by atoms with Crippen LogP contribution < -0.4 is 5.32 Å². The van der Waals surface area contributed by atoms with E-state index in [2.05, 4.69) is 39.9 Å². The van der Waals surface area contributed by atoms with Crippen LogP contribution in [0.3, 0.4) is 0 Å². The van der Waals surface area contributed by atoms with Crippen LogP contribution in [0.1, 0.15) is 12.8 Å². The minimum Gasteiger partial charge on any atom is -0.361 e. The summed E-state index contributed by atoms with van der Waals surface area (Å²) >= 11 is 0. The van der Waals surface area contributed by atoms with E-state index in [-0.39, 0.29) is 5.82 Å². The van der Waals surface area contributed by atoms with Crippen molar-refractivity contribution in [3.05, 3.63) is 42.7 Å². The quantitative estimate of drug-likeness (QED) is 0.402. The van der Waals surface area contributed by atoms with Gasteiger partial charge in [-0.3, -0.25) is 9.58 Å². The highest BCUT2D eigenvalue weighted by atomic mass is 28.3. The SMILES string of the molecule is C[Si](C)(C)CCOCn1ccc2c(-c3cnn([C]4CN(C5CCNCC5)C4)c3)c(F)cnc21. The Morgan fingerprint density at radius 2 is 1.97 bits per heavy atom. The highest BCUT2D eigenvalue weighted by Gasteiger charge is 2.35. The summed E-state index contributed by atoms with van der Waals surface area (Å²) in [5, 5.41) is 8.77. The zero-order valence-electron chi connectivity index (χ0n) is 19.9. The molecule has 0 aromatic carbocycles. The predicted octanol–water partition coefficient (Wildman–Crippen LogP) is 3.80. The molecule has 9 heteroatoms. The highest BCUT2D eigenvalue weighted by molar-refractivity contribution is 6.76. The molecule has 177 valence electrons. The number of hydrogen-bond donors (Lipinski definition) is 1. The van der Waals surface area contributed by atoms with Crippen molar-refractivity contribution in [2.75, 3.05) is 32.8 Å². The summed E-state index contributed by atoms with van der Waals surface area (Å²) in [5.41, 5.74) is 2.08. The normalized spacial score (nSPS) is 18.8. The molecule has 0 saturated carbocycles. The monoisotopic (exact) mass is 469 g/mol. The number of pyridine rings is 1. The van der Waals surface area contributed by atoms with Crippen LogP contribution in [-0.2, 0) is 11.5 Å². The Kier molecular flexibility index (Phi) is 6.39. The fraction of sp³-hybridized carbons (Fsp3) is 0.542. The van der Waals surface area contributed by atoms with Gasteiger partial charge in [-0.15, -0.1) is 0 Å². The molecular formula is C24H34FN6OSi. The Bertz CT molecular complexity index is 1090. The summed E-state index contributed by atoms with van der Waals surface area (Å²) in [6, 6.07) is 4.97. The summed E-state index contributed by atoms with van der Waals surface area (Å²) in [6.45, 7) is 12.3. The predicted molar refractivity (Wildman–Crippen MR) is 131 cm³/mol. The third kappa shape index (κ3) is 4.91. The maximum Gasteiger partial charge on any atom is 0.150 e. The van der Waals surface area contributed by atoms with Crippen molar-refractivity contribution in [1.29, 1.82) is 0 Å². The maximum absolute atomic E-state index is 14.9. The van der Waals surface area contributed by atoms with Crippen LogP contribution in [0.4, 0.5) is 4.39 Å². The second kappa shape index (κ2) is 9.29. The zero-order chi connectivity index (χ0) is 23.0. The average Bonchev–Trinajstić information content (AvgIpc) is 3.38. The van der Waals surface area contributed by atoms with E-state index < -0.39 is 8.07 Å². The van der Waals surface area contributed by atoms with E-state index in [1.807, 2.05) is 27.7 Å². The van der Waals surface area contributed by atoms with Crippen LogP contribution in [-0.4, -0.2) is 71.1 Å². The molecule has 3 aromatic rings. The number of ether oxygens (including phenoxy) is 1. The molecule has 0 unspecified atom stereocenters. The van der Waals surface area contributed by atoms with Gasteiger partial charge < -0.3 is 14.6 Å². The Balaban J connectivity index is 1.28. The van der Waals surface area contributed by atoms with E-state index in [9.17, 15) is 4.39 Å². The maximum atomic E-state index is 14.9. The summed E-state index contributed by atoms with van der Waals surface area (Å²) in [4.78, 5) is 6.88. The van der Waals surface area contributed by atoms with Crippen molar-refractivity contribution in [3.8, 4) is 11.1 Å². The molecule has 0 bridgehead atoms. The number of nitrogens with zero attached hydrogens (tertiary/aromatic N) is 5. The molecule has 33 heavy (non-hydrogen) atoms. The third-order valence-corrected chi connectivity index (χ3v) is 8.46. The third-order valence-electron chi connectivity index (χ3n) is 6.76. The topological polar surface area (TPSA) is 60.1 Å². The molecule has 1 N–H and O–H groups in total. The first kappa shape index (κ1) is 22.7. The number of likely N-dealkylation sites (tertiary alicyclic amines) is 1. The van der Waals surface area contributed by atoms with Gasteiger partial charge in [-0.2, -0.15) is 5.10 Å². The van der Waals surface area contributed by atoms with Gasteiger partial charge in [-0.05, 0) is 38.0 Å². The van der Waals surface area contributed by atoms with Gasteiger partial charge in [0.1, 0.15) is 24.2 Å². The van der Waals surface area contributed by atoms with E-state index in [0.717, 1.165) is 55.4 Å². The first-order valence-electron chi connectivity index (χ1n) is 11.9. The van der Waals surface area contributed by atoms with Gasteiger partial charge in [0.05, 0.1) is 12.4 Å². The minimum atomic E-state index is -1.13. The highest BCUT2D eigenvalue weighted by Crippen LogP contribution is 2.32. The first-order valence-corrected chi connectivity index (χ1v) is 15.7. The van der Waals surface area contributed by atoms with Gasteiger partial charge >= 0.3 is 0 Å². The Morgan fingerprint density at radius 1 is 1.18 bits per heavy atom. The summed E-state index contributed by atoms with van der Waals surface area (Å²) < 4.78 is 24.7.